The zero-order valence-electron chi connectivity index (χ0n) is 11.0. The molecule has 1 aromatic heterocycles. The average molecular weight is 374 g/mol. The van der Waals surface area contributed by atoms with Crippen molar-refractivity contribution in [2.75, 3.05) is 13.2 Å². The third-order valence-electron chi connectivity index (χ3n) is 3.31. The summed E-state index contributed by atoms with van der Waals surface area (Å²) in [6.45, 7) is 3.46. The molecule has 0 saturated heterocycles. The van der Waals surface area contributed by atoms with Gasteiger partial charge in [0.1, 0.15) is 0 Å². The number of halogens is 2. The van der Waals surface area contributed by atoms with Crippen LogP contribution >= 0.6 is 38.9 Å². The summed E-state index contributed by atoms with van der Waals surface area (Å²) in [4.78, 5) is 0.0680. The molecule has 3 rings (SSSR count). The molecule has 0 spiro atoms. The Kier molecular flexibility index (Phi) is 4.24. The molecular weight excluding hydrogens is 360 g/mol. The predicted molar refractivity (Wildman–Crippen MR) is 86.9 cm³/mol. The molecule has 5 heteroatoms. The lowest BCUT2D eigenvalue weighted by Crippen LogP contribution is -1.98. The van der Waals surface area contributed by atoms with Crippen molar-refractivity contribution in [2.45, 2.75) is 18.2 Å². The Hall–Kier alpha value is -0.710. The Morgan fingerprint density at radius 1 is 1.15 bits per heavy atom. The fourth-order valence-electron chi connectivity index (χ4n) is 2.19. The summed E-state index contributed by atoms with van der Waals surface area (Å²) < 4.78 is 11.4. The number of hydrogen-bond acceptors (Lipinski definition) is 3. The van der Waals surface area contributed by atoms with Gasteiger partial charge in [-0.15, -0.1) is 0 Å². The largest absolute Gasteiger partial charge is 0.490 e. The molecule has 1 aliphatic rings. The zero-order chi connectivity index (χ0) is 14.1. The van der Waals surface area contributed by atoms with Gasteiger partial charge < -0.3 is 9.47 Å². The molecule has 1 aromatic carbocycles. The Morgan fingerprint density at radius 3 is 2.50 bits per heavy atom. The van der Waals surface area contributed by atoms with Gasteiger partial charge in [0.05, 0.1) is 18.0 Å². The van der Waals surface area contributed by atoms with Crippen molar-refractivity contribution in [2.24, 2.45) is 0 Å². The SMILES string of the molecule is Cc1cscc1C(Br)c1cc2c(cc1Cl)OCCCO2. The fraction of sp³-hybridized carbons (Fsp3) is 0.333. The minimum Gasteiger partial charge on any atom is -0.490 e. The van der Waals surface area contributed by atoms with E-state index in [1.54, 1.807) is 11.3 Å². The second-order valence-corrected chi connectivity index (χ2v) is 6.81. The van der Waals surface area contributed by atoms with Crippen LogP contribution in [0.3, 0.4) is 0 Å². The lowest BCUT2D eigenvalue weighted by atomic mass is 10.0. The number of thiophene rings is 1. The molecular formula is C15H14BrClO2S. The molecule has 20 heavy (non-hydrogen) atoms. The first kappa shape index (κ1) is 14.2. The van der Waals surface area contributed by atoms with Crippen LogP contribution in [-0.2, 0) is 0 Å². The molecule has 2 nitrogen and oxygen atoms in total. The molecule has 2 heterocycles. The summed E-state index contributed by atoms with van der Waals surface area (Å²) >= 11 is 11.9. The van der Waals surface area contributed by atoms with E-state index < -0.39 is 0 Å². The van der Waals surface area contributed by atoms with Gasteiger partial charge in [-0.05, 0) is 40.4 Å². The topological polar surface area (TPSA) is 18.5 Å². The molecule has 1 aliphatic heterocycles. The molecule has 2 aromatic rings. The highest BCUT2D eigenvalue weighted by Gasteiger charge is 2.21. The van der Waals surface area contributed by atoms with E-state index in [-0.39, 0.29) is 4.83 Å². The predicted octanol–water partition coefficient (Wildman–Crippen LogP) is 5.36. The highest BCUT2D eigenvalue weighted by Crippen LogP contribution is 2.43. The highest BCUT2D eigenvalue weighted by molar-refractivity contribution is 9.09. The monoisotopic (exact) mass is 372 g/mol. The number of rotatable bonds is 2. The van der Waals surface area contributed by atoms with E-state index in [4.69, 9.17) is 21.1 Å². The smallest absolute Gasteiger partial charge is 0.162 e. The lowest BCUT2D eigenvalue weighted by Gasteiger charge is -2.16. The quantitative estimate of drug-likeness (QED) is 0.660. The number of ether oxygens (including phenoxy) is 2. The van der Waals surface area contributed by atoms with Crippen molar-refractivity contribution in [3.05, 3.63) is 44.6 Å². The Bertz CT molecular complexity index is 626. The van der Waals surface area contributed by atoms with E-state index in [1.807, 2.05) is 12.1 Å². The van der Waals surface area contributed by atoms with Gasteiger partial charge in [-0.3, -0.25) is 0 Å². The van der Waals surface area contributed by atoms with Crippen LogP contribution < -0.4 is 9.47 Å². The van der Waals surface area contributed by atoms with Gasteiger partial charge in [0, 0.05) is 17.5 Å². The first-order valence-electron chi connectivity index (χ1n) is 6.42. The summed E-state index contributed by atoms with van der Waals surface area (Å²) in [5.74, 6) is 1.51. The molecule has 1 atom stereocenters. The van der Waals surface area contributed by atoms with E-state index in [9.17, 15) is 0 Å². The minimum absolute atomic E-state index is 0.0680. The van der Waals surface area contributed by atoms with Crippen molar-refractivity contribution in [3.8, 4) is 11.5 Å². The van der Waals surface area contributed by atoms with Crippen molar-refractivity contribution in [1.82, 2.24) is 0 Å². The zero-order valence-corrected chi connectivity index (χ0v) is 14.1. The lowest BCUT2D eigenvalue weighted by molar-refractivity contribution is 0.297. The van der Waals surface area contributed by atoms with Gasteiger partial charge in [-0.25, -0.2) is 0 Å². The van der Waals surface area contributed by atoms with Crippen molar-refractivity contribution < 1.29 is 9.47 Å². The highest BCUT2D eigenvalue weighted by atomic mass is 79.9. The van der Waals surface area contributed by atoms with Crippen LogP contribution in [0.15, 0.2) is 22.9 Å². The summed E-state index contributed by atoms with van der Waals surface area (Å²) in [5, 5.41) is 4.98. The second-order valence-electron chi connectivity index (χ2n) is 4.74. The molecule has 1 unspecified atom stereocenters. The molecule has 0 saturated carbocycles. The molecule has 0 amide bonds. The van der Waals surface area contributed by atoms with Crippen LogP contribution in [0, 0.1) is 6.92 Å². The third-order valence-corrected chi connectivity index (χ3v) is 5.50. The first-order chi connectivity index (χ1) is 9.66. The number of fused-ring (bicyclic) bond motifs is 1. The van der Waals surface area contributed by atoms with Crippen LogP contribution in [0.2, 0.25) is 5.02 Å². The summed E-state index contributed by atoms with van der Waals surface area (Å²) in [5.41, 5.74) is 3.52. The van der Waals surface area contributed by atoms with Crippen LogP contribution in [0.4, 0.5) is 0 Å². The van der Waals surface area contributed by atoms with E-state index in [0.29, 0.717) is 18.2 Å². The summed E-state index contributed by atoms with van der Waals surface area (Å²) in [6.07, 6.45) is 0.892. The molecule has 0 N–H and O–H groups in total. The number of aryl methyl sites for hydroxylation is 1. The van der Waals surface area contributed by atoms with Gasteiger partial charge in [-0.1, -0.05) is 27.5 Å². The second kappa shape index (κ2) is 5.96. The molecule has 0 bridgehead atoms. The molecule has 0 fully saturated rings. The molecule has 106 valence electrons. The van der Waals surface area contributed by atoms with Gasteiger partial charge in [-0.2, -0.15) is 11.3 Å². The van der Waals surface area contributed by atoms with Crippen LogP contribution in [0.5, 0.6) is 11.5 Å². The van der Waals surface area contributed by atoms with Gasteiger partial charge in [0.2, 0.25) is 0 Å². The standard InChI is InChI=1S/C15H14BrClO2S/c1-9-7-20-8-11(9)15(16)10-5-13-14(6-12(10)17)19-4-2-3-18-13/h5-8,15H,2-4H2,1H3. The summed E-state index contributed by atoms with van der Waals surface area (Å²) in [6, 6.07) is 3.84. The van der Waals surface area contributed by atoms with Gasteiger partial charge in [0.15, 0.2) is 11.5 Å². The maximum atomic E-state index is 6.42. The van der Waals surface area contributed by atoms with Crippen LogP contribution in [0.1, 0.15) is 27.9 Å². The van der Waals surface area contributed by atoms with Crippen molar-refractivity contribution in [1.29, 1.82) is 0 Å². The maximum absolute atomic E-state index is 6.42. The molecule has 0 radical (unpaired) electrons. The Morgan fingerprint density at radius 2 is 1.85 bits per heavy atom. The van der Waals surface area contributed by atoms with E-state index in [2.05, 4.69) is 33.6 Å². The van der Waals surface area contributed by atoms with E-state index in [0.717, 1.165) is 23.5 Å². The van der Waals surface area contributed by atoms with Gasteiger partial charge >= 0.3 is 0 Å². The third kappa shape index (κ3) is 2.69. The fourth-order valence-corrected chi connectivity index (χ4v) is 4.51. The van der Waals surface area contributed by atoms with Crippen LogP contribution in [-0.4, -0.2) is 13.2 Å². The van der Waals surface area contributed by atoms with Crippen molar-refractivity contribution >= 4 is 38.9 Å². The number of hydrogen-bond donors (Lipinski definition) is 0. The van der Waals surface area contributed by atoms with Gasteiger partial charge in [0.25, 0.3) is 0 Å². The average Bonchev–Trinajstić information content (AvgIpc) is 2.72. The number of benzene rings is 1. The van der Waals surface area contributed by atoms with Crippen molar-refractivity contribution in [3.63, 3.8) is 0 Å². The van der Waals surface area contributed by atoms with E-state index >= 15 is 0 Å². The minimum atomic E-state index is 0.0680. The summed E-state index contributed by atoms with van der Waals surface area (Å²) in [7, 11) is 0. The van der Waals surface area contributed by atoms with Crippen LogP contribution in [0.25, 0.3) is 0 Å². The molecule has 0 aliphatic carbocycles. The normalized spacial score (nSPS) is 15.8. The number of alkyl halides is 1. The maximum Gasteiger partial charge on any atom is 0.162 e. The Labute approximate surface area is 135 Å². The van der Waals surface area contributed by atoms with E-state index in [1.165, 1.54) is 11.1 Å². The first-order valence-corrected chi connectivity index (χ1v) is 8.66. The Balaban J connectivity index is 2.01.